The molecular weight excluding hydrogens is 254 g/mol. The maximum atomic E-state index is 5.94. The van der Waals surface area contributed by atoms with E-state index in [0.29, 0.717) is 0 Å². The fourth-order valence-corrected chi connectivity index (χ4v) is 1.86. The van der Waals surface area contributed by atoms with Crippen LogP contribution in [0.4, 0.5) is 5.69 Å². The summed E-state index contributed by atoms with van der Waals surface area (Å²) in [5, 5.41) is 3.06. The van der Waals surface area contributed by atoms with Crippen molar-refractivity contribution in [3.8, 4) is 0 Å². The van der Waals surface area contributed by atoms with Crippen LogP contribution in [-0.4, -0.2) is 6.17 Å². The van der Waals surface area contributed by atoms with Gasteiger partial charge in [-0.3, -0.25) is 0 Å². The predicted octanol–water partition coefficient (Wildman–Crippen LogP) is 1.78. The number of halogens is 1. The Morgan fingerprint density at radius 2 is 1.87 bits per heavy atom. The van der Waals surface area contributed by atoms with Crippen LogP contribution in [0.25, 0.3) is 5.57 Å². The summed E-state index contributed by atoms with van der Waals surface area (Å²) in [5.74, 6) is 0. The van der Waals surface area contributed by atoms with Gasteiger partial charge in [-0.25, -0.2) is 0 Å². The summed E-state index contributed by atoms with van der Waals surface area (Å²) in [6.07, 6.45) is 3.67. The van der Waals surface area contributed by atoms with Gasteiger partial charge in [0.05, 0.1) is 0 Å². The Bertz CT molecular complexity index is 420. The Morgan fingerprint density at radius 3 is 2.53 bits per heavy atom. The number of anilines is 1. The molecule has 15 heavy (non-hydrogen) atoms. The summed E-state index contributed by atoms with van der Waals surface area (Å²) >= 11 is 3.41. The van der Waals surface area contributed by atoms with E-state index in [0.717, 1.165) is 21.3 Å². The van der Waals surface area contributed by atoms with Gasteiger partial charge >= 0.3 is 0 Å². The van der Waals surface area contributed by atoms with Crippen molar-refractivity contribution in [2.24, 2.45) is 5.73 Å². The van der Waals surface area contributed by atoms with Crippen LogP contribution in [0.2, 0.25) is 0 Å². The fraction of sp³-hybridized carbons (Fsp3) is 0.0909. The van der Waals surface area contributed by atoms with Gasteiger partial charge in [-0.2, -0.15) is 0 Å². The molecule has 0 amide bonds. The molecular formula is C11H12BrN3. The lowest BCUT2D eigenvalue weighted by molar-refractivity contribution is 0.744. The van der Waals surface area contributed by atoms with E-state index in [4.69, 9.17) is 11.5 Å². The van der Waals surface area contributed by atoms with Crippen molar-refractivity contribution in [2.75, 3.05) is 5.73 Å². The van der Waals surface area contributed by atoms with Gasteiger partial charge in [0.1, 0.15) is 6.17 Å². The molecule has 0 saturated carbocycles. The lowest BCUT2D eigenvalue weighted by Crippen LogP contribution is -2.36. The second-order valence-electron chi connectivity index (χ2n) is 3.40. The molecule has 1 aliphatic heterocycles. The molecule has 1 heterocycles. The van der Waals surface area contributed by atoms with Crippen molar-refractivity contribution < 1.29 is 0 Å². The van der Waals surface area contributed by atoms with Gasteiger partial charge < -0.3 is 16.8 Å². The minimum absolute atomic E-state index is 0.171. The first kappa shape index (κ1) is 10.3. The second-order valence-corrected chi connectivity index (χ2v) is 4.31. The van der Waals surface area contributed by atoms with E-state index in [-0.39, 0.29) is 6.17 Å². The molecule has 0 aromatic heterocycles. The molecule has 1 unspecified atom stereocenters. The minimum atomic E-state index is -0.171. The van der Waals surface area contributed by atoms with Crippen molar-refractivity contribution in [1.29, 1.82) is 0 Å². The van der Waals surface area contributed by atoms with Crippen LogP contribution < -0.4 is 16.8 Å². The molecule has 78 valence electrons. The molecule has 4 heteroatoms. The highest BCUT2D eigenvalue weighted by atomic mass is 79.9. The lowest BCUT2D eigenvalue weighted by atomic mass is 10.0. The fourth-order valence-electron chi connectivity index (χ4n) is 1.48. The molecule has 0 radical (unpaired) electrons. The highest BCUT2D eigenvalue weighted by molar-refractivity contribution is 9.11. The lowest BCUT2D eigenvalue weighted by Gasteiger charge is -2.20. The van der Waals surface area contributed by atoms with Gasteiger partial charge in [-0.05, 0) is 45.3 Å². The molecule has 1 aromatic rings. The zero-order valence-corrected chi connectivity index (χ0v) is 9.66. The van der Waals surface area contributed by atoms with Crippen LogP contribution in [0.5, 0.6) is 0 Å². The van der Waals surface area contributed by atoms with Crippen molar-refractivity contribution in [3.05, 3.63) is 46.6 Å². The summed E-state index contributed by atoms with van der Waals surface area (Å²) in [6, 6.07) is 7.67. The number of benzene rings is 1. The topological polar surface area (TPSA) is 64.1 Å². The van der Waals surface area contributed by atoms with Crippen LogP contribution >= 0.6 is 15.9 Å². The Balaban J connectivity index is 2.37. The number of hydrogen-bond donors (Lipinski definition) is 3. The summed E-state index contributed by atoms with van der Waals surface area (Å²) in [5.41, 5.74) is 14.4. The molecule has 0 bridgehead atoms. The van der Waals surface area contributed by atoms with Gasteiger partial charge in [0.25, 0.3) is 0 Å². The van der Waals surface area contributed by atoms with Gasteiger partial charge in [-0.15, -0.1) is 0 Å². The van der Waals surface area contributed by atoms with E-state index in [1.54, 1.807) is 0 Å². The SMILES string of the molecule is Nc1ccc(C2=CC(Br)=CNC2N)cc1. The Hall–Kier alpha value is -1.26. The number of rotatable bonds is 1. The molecule has 3 nitrogen and oxygen atoms in total. The zero-order chi connectivity index (χ0) is 10.8. The van der Waals surface area contributed by atoms with Gasteiger partial charge in [0, 0.05) is 16.4 Å². The first-order chi connectivity index (χ1) is 7.16. The standard InChI is InChI=1S/C11H12BrN3/c12-8-5-10(11(14)15-6-8)7-1-3-9(13)4-2-7/h1-6,11,15H,13-14H2. The highest BCUT2D eigenvalue weighted by Crippen LogP contribution is 2.24. The first-order valence-electron chi connectivity index (χ1n) is 4.61. The summed E-state index contributed by atoms with van der Waals surface area (Å²) < 4.78 is 0.982. The third kappa shape index (κ3) is 2.22. The molecule has 0 fully saturated rings. The maximum Gasteiger partial charge on any atom is 0.101 e. The molecule has 0 spiro atoms. The Kier molecular flexibility index (Phi) is 2.79. The van der Waals surface area contributed by atoms with E-state index in [1.165, 1.54) is 0 Å². The van der Waals surface area contributed by atoms with E-state index >= 15 is 0 Å². The van der Waals surface area contributed by atoms with Gasteiger partial charge in [0.2, 0.25) is 0 Å². The van der Waals surface area contributed by atoms with Crippen molar-refractivity contribution in [1.82, 2.24) is 5.32 Å². The smallest absolute Gasteiger partial charge is 0.101 e. The third-order valence-corrected chi connectivity index (χ3v) is 2.73. The molecule has 1 aliphatic rings. The Morgan fingerprint density at radius 1 is 1.20 bits per heavy atom. The highest BCUT2D eigenvalue weighted by Gasteiger charge is 2.13. The predicted molar refractivity (Wildman–Crippen MR) is 67.0 cm³/mol. The summed E-state index contributed by atoms with van der Waals surface area (Å²) in [6.45, 7) is 0. The molecule has 5 N–H and O–H groups in total. The number of allylic oxidation sites excluding steroid dienone is 2. The summed E-state index contributed by atoms with van der Waals surface area (Å²) in [7, 11) is 0. The number of nitrogens with two attached hydrogens (primary N) is 2. The quantitative estimate of drug-likeness (QED) is 0.679. The average molecular weight is 266 g/mol. The monoisotopic (exact) mass is 265 g/mol. The van der Waals surface area contributed by atoms with Gasteiger partial charge in [-0.1, -0.05) is 12.1 Å². The second kappa shape index (κ2) is 4.08. The van der Waals surface area contributed by atoms with Crippen molar-refractivity contribution in [3.63, 3.8) is 0 Å². The van der Waals surface area contributed by atoms with Crippen LogP contribution in [0, 0.1) is 0 Å². The molecule has 0 aliphatic carbocycles. The van der Waals surface area contributed by atoms with Gasteiger partial charge in [0.15, 0.2) is 0 Å². The van der Waals surface area contributed by atoms with Crippen LogP contribution in [-0.2, 0) is 0 Å². The van der Waals surface area contributed by atoms with Crippen LogP contribution in [0.15, 0.2) is 41.0 Å². The summed E-state index contributed by atoms with van der Waals surface area (Å²) in [4.78, 5) is 0. The van der Waals surface area contributed by atoms with E-state index < -0.39 is 0 Å². The number of hydrogen-bond acceptors (Lipinski definition) is 3. The molecule has 2 rings (SSSR count). The van der Waals surface area contributed by atoms with Crippen molar-refractivity contribution in [2.45, 2.75) is 6.17 Å². The third-order valence-electron chi connectivity index (χ3n) is 2.27. The minimum Gasteiger partial charge on any atom is -0.399 e. The van der Waals surface area contributed by atoms with E-state index in [2.05, 4.69) is 21.2 Å². The largest absolute Gasteiger partial charge is 0.399 e. The maximum absolute atomic E-state index is 5.94. The van der Waals surface area contributed by atoms with E-state index in [1.807, 2.05) is 36.5 Å². The van der Waals surface area contributed by atoms with Crippen LogP contribution in [0.3, 0.4) is 0 Å². The van der Waals surface area contributed by atoms with Crippen LogP contribution in [0.1, 0.15) is 5.56 Å². The molecule has 0 saturated heterocycles. The first-order valence-corrected chi connectivity index (χ1v) is 5.41. The molecule has 1 aromatic carbocycles. The van der Waals surface area contributed by atoms with E-state index in [9.17, 15) is 0 Å². The normalized spacial score (nSPS) is 20.3. The Labute approximate surface area is 97.0 Å². The number of nitrogens with one attached hydrogen (secondary N) is 1. The average Bonchev–Trinajstić information content (AvgIpc) is 2.23. The molecule has 1 atom stereocenters. The zero-order valence-electron chi connectivity index (χ0n) is 8.07. The van der Waals surface area contributed by atoms with Crippen molar-refractivity contribution >= 4 is 27.2 Å². The number of dihydropyridines is 1. The number of nitrogen functional groups attached to an aromatic ring is 1.